The summed E-state index contributed by atoms with van der Waals surface area (Å²) in [6.07, 6.45) is 3.56. The lowest BCUT2D eigenvalue weighted by atomic mass is 9.89. The van der Waals surface area contributed by atoms with Crippen LogP contribution in [0.2, 0.25) is 0 Å². The Morgan fingerprint density at radius 1 is 1.35 bits per heavy atom. The summed E-state index contributed by atoms with van der Waals surface area (Å²) in [5.74, 6) is 0.449. The van der Waals surface area contributed by atoms with Crippen LogP contribution in [0.5, 0.6) is 0 Å². The van der Waals surface area contributed by atoms with E-state index >= 15 is 0 Å². The van der Waals surface area contributed by atoms with Crippen molar-refractivity contribution in [3.63, 3.8) is 0 Å². The topological polar surface area (TPSA) is 46.2 Å². The van der Waals surface area contributed by atoms with Crippen LogP contribution in [0.25, 0.3) is 0 Å². The first-order valence-electron chi connectivity index (χ1n) is 6.00. The van der Waals surface area contributed by atoms with Gasteiger partial charge >= 0.3 is 0 Å². The number of benzene rings is 1. The van der Waals surface area contributed by atoms with Crippen LogP contribution in [-0.4, -0.2) is 27.8 Å². The third-order valence-corrected chi connectivity index (χ3v) is 4.53. The average Bonchev–Trinajstić information content (AvgIpc) is 2.29. The van der Waals surface area contributed by atoms with E-state index in [1.165, 1.54) is 17.4 Å². The molecule has 1 saturated heterocycles. The number of rotatable bonds is 2. The normalized spacial score (nSPS) is 21.4. The second-order valence-electron chi connectivity index (χ2n) is 4.83. The van der Waals surface area contributed by atoms with Crippen molar-refractivity contribution in [2.75, 3.05) is 19.3 Å². The van der Waals surface area contributed by atoms with E-state index in [4.69, 9.17) is 0 Å². The van der Waals surface area contributed by atoms with Gasteiger partial charge in [-0.2, -0.15) is 0 Å². The smallest absolute Gasteiger partial charge is 0.175 e. The van der Waals surface area contributed by atoms with E-state index < -0.39 is 9.84 Å². The molecule has 0 radical (unpaired) electrons. The first kappa shape index (κ1) is 12.6. The third-order valence-electron chi connectivity index (χ3n) is 3.42. The van der Waals surface area contributed by atoms with Gasteiger partial charge < -0.3 is 5.32 Å². The van der Waals surface area contributed by atoms with Gasteiger partial charge in [0, 0.05) is 12.8 Å². The predicted molar refractivity (Wildman–Crippen MR) is 69.1 cm³/mol. The molecule has 0 aliphatic carbocycles. The van der Waals surface area contributed by atoms with Crippen molar-refractivity contribution in [1.82, 2.24) is 5.32 Å². The summed E-state index contributed by atoms with van der Waals surface area (Å²) < 4.78 is 23.1. The standard InChI is InChI=1S/C13H19NO2S/c1-10-5-6-12(17(2,15)16)8-13(10)11-4-3-7-14-9-11/h5-6,8,11,14H,3-4,7,9H2,1-2H3. The van der Waals surface area contributed by atoms with Crippen molar-refractivity contribution < 1.29 is 8.42 Å². The summed E-state index contributed by atoms with van der Waals surface area (Å²) in [6, 6.07) is 5.47. The van der Waals surface area contributed by atoms with E-state index in [-0.39, 0.29) is 0 Å². The first-order chi connectivity index (χ1) is 7.98. The molecule has 0 spiro atoms. The molecular weight excluding hydrogens is 234 g/mol. The molecule has 1 heterocycles. The minimum Gasteiger partial charge on any atom is -0.316 e. The molecule has 0 aromatic heterocycles. The van der Waals surface area contributed by atoms with Gasteiger partial charge in [-0.25, -0.2) is 8.42 Å². The number of hydrogen-bond donors (Lipinski definition) is 1. The molecule has 0 bridgehead atoms. The van der Waals surface area contributed by atoms with Crippen LogP contribution in [-0.2, 0) is 9.84 Å². The van der Waals surface area contributed by atoms with Crippen LogP contribution >= 0.6 is 0 Å². The molecule has 4 heteroatoms. The van der Waals surface area contributed by atoms with Gasteiger partial charge in [0.15, 0.2) is 9.84 Å². The quantitative estimate of drug-likeness (QED) is 0.875. The van der Waals surface area contributed by atoms with Gasteiger partial charge in [-0.3, -0.25) is 0 Å². The highest BCUT2D eigenvalue weighted by Gasteiger charge is 2.19. The molecule has 1 aromatic rings. The monoisotopic (exact) mass is 253 g/mol. The molecular formula is C13H19NO2S. The largest absolute Gasteiger partial charge is 0.316 e. The molecule has 1 aliphatic heterocycles. The molecule has 1 aliphatic rings. The average molecular weight is 253 g/mol. The van der Waals surface area contributed by atoms with Gasteiger partial charge in [-0.1, -0.05) is 6.07 Å². The molecule has 1 fully saturated rings. The highest BCUT2D eigenvalue weighted by molar-refractivity contribution is 7.90. The zero-order valence-electron chi connectivity index (χ0n) is 10.4. The highest BCUT2D eigenvalue weighted by Crippen LogP contribution is 2.28. The fraction of sp³-hybridized carbons (Fsp3) is 0.538. The number of aryl methyl sites for hydroxylation is 1. The van der Waals surface area contributed by atoms with Crippen LogP contribution in [0.1, 0.15) is 29.9 Å². The maximum absolute atomic E-state index is 11.6. The van der Waals surface area contributed by atoms with Crippen molar-refractivity contribution in [1.29, 1.82) is 0 Å². The van der Waals surface area contributed by atoms with Gasteiger partial charge in [0.2, 0.25) is 0 Å². The Kier molecular flexibility index (Phi) is 3.54. The van der Waals surface area contributed by atoms with Crippen LogP contribution < -0.4 is 5.32 Å². The van der Waals surface area contributed by atoms with E-state index in [0.717, 1.165) is 25.9 Å². The predicted octanol–water partition coefficient (Wildman–Crippen LogP) is 1.87. The summed E-state index contributed by atoms with van der Waals surface area (Å²) >= 11 is 0. The number of hydrogen-bond acceptors (Lipinski definition) is 3. The second kappa shape index (κ2) is 4.78. The summed E-state index contributed by atoms with van der Waals surface area (Å²) in [5.41, 5.74) is 2.37. The molecule has 3 nitrogen and oxygen atoms in total. The molecule has 1 aromatic carbocycles. The van der Waals surface area contributed by atoms with Crippen molar-refractivity contribution in [3.05, 3.63) is 29.3 Å². The molecule has 1 N–H and O–H groups in total. The molecule has 94 valence electrons. The van der Waals surface area contributed by atoms with Crippen molar-refractivity contribution >= 4 is 9.84 Å². The zero-order valence-corrected chi connectivity index (χ0v) is 11.2. The fourth-order valence-electron chi connectivity index (χ4n) is 2.41. The molecule has 0 saturated carbocycles. The van der Waals surface area contributed by atoms with Crippen molar-refractivity contribution in [2.45, 2.75) is 30.6 Å². The minimum atomic E-state index is -3.10. The van der Waals surface area contributed by atoms with E-state index in [9.17, 15) is 8.42 Å². The Balaban J connectivity index is 2.38. The van der Waals surface area contributed by atoms with E-state index in [0.29, 0.717) is 10.8 Å². The SMILES string of the molecule is Cc1ccc(S(C)(=O)=O)cc1C1CCCNC1. The molecule has 1 unspecified atom stereocenters. The Morgan fingerprint density at radius 2 is 2.12 bits per heavy atom. The summed E-state index contributed by atoms with van der Waals surface area (Å²) in [7, 11) is -3.10. The summed E-state index contributed by atoms with van der Waals surface area (Å²) in [4.78, 5) is 0.434. The molecule has 1 atom stereocenters. The van der Waals surface area contributed by atoms with Gasteiger partial charge in [-0.05, 0) is 55.5 Å². The highest BCUT2D eigenvalue weighted by atomic mass is 32.2. The molecule has 2 rings (SSSR count). The molecule has 17 heavy (non-hydrogen) atoms. The maximum atomic E-state index is 11.6. The van der Waals surface area contributed by atoms with Crippen molar-refractivity contribution in [3.8, 4) is 0 Å². The lowest BCUT2D eigenvalue weighted by Gasteiger charge is -2.25. The zero-order chi connectivity index (χ0) is 12.5. The van der Waals surface area contributed by atoms with Crippen LogP contribution in [0.3, 0.4) is 0 Å². The first-order valence-corrected chi connectivity index (χ1v) is 7.89. The minimum absolute atomic E-state index is 0.434. The summed E-state index contributed by atoms with van der Waals surface area (Å²) in [6.45, 7) is 4.07. The second-order valence-corrected chi connectivity index (χ2v) is 6.85. The summed E-state index contributed by atoms with van der Waals surface area (Å²) in [5, 5.41) is 3.37. The number of piperidine rings is 1. The Hall–Kier alpha value is -0.870. The van der Waals surface area contributed by atoms with Crippen LogP contribution in [0.15, 0.2) is 23.1 Å². The Bertz CT molecular complexity index is 502. The lowest BCUT2D eigenvalue weighted by molar-refractivity contribution is 0.460. The Labute approximate surface area is 103 Å². The number of nitrogens with one attached hydrogen (secondary N) is 1. The van der Waals surface area contributed by atoms with E-state index in [2.05, 4.69) is 12.2 Å². The van der Waals surface area contributed by atoms with Crippen LogP contribution in [0, 0.1) is 6.92 Å². The Morgan fingerprint density at radius 3 is 2.71 bits per heavy atom. The van der Waals surface area contributed by atoms with Crippen molar-refractivity contribution in [2.24, 2.45) is 0 Å². The van der Waals surface area contributed by atoms with E-state index in [1.54, 1.807) is 6.07 Å². The van der Waals surface area contributed by atoms with Gasteiger partial charge in [-0.15, -0.1) is 0 Å². The molecule has 0 amide bonds. The van der Waals surface area contributed by atoms with Gasteiger partial charge in [0.25, 0.3) is 0 Å². The third kappa shape index (κ3) is 2.87. The van der Waals surface area contributed by atoms with Gasteiger partial charge in [0.05, 0.1) is 4.90 Å². The van der Waals surface area contributed by atoms with Crippen LogP contribution in [0.4, 0.5) is 0 Å². The van der Waals surface area contributed by atoms with E-state index in [1.807, 2.05) is 12.1 Å². The number of sulfone groups is 1. The maximum Gasteiger partial charge on any atom is 0.175 e. The fourth-order valence-corrected chi connectivity index (χ4v) is 3.06. The lowest BCUT2D eigenvalue weighted by Crippen LogP contribution is -2.28. The van der Waals surface area contributed by atoms with Gasteiger partial charge in [0.1, 0.15) is 0 Å².